The van der Waals surface area contributed by atoms with E-state index < -0.39 is 0 Å². The largest absolute Gasteiger partial charge is 0.378 e. The fourth-order valence-electron chi connectivity index (χ4n) is 1.75. The summed E-state index contributed by atoms with van der Waals surface area (Å²) in [5.41, 5.74) is 2.83. The third-order valence-electron chi connectivity index (χ3n) is 2.87. The van der Waals surface area contributed by atoms with Gasteiger partial charge in [-0.25, -0.2) is 0 Å². The first kappa shape index (κ1) is 12.2. The van der Waals surface area contributed by atoms with E-state index in [0.29, 0.717) is 5.56 Å². The average molecular weight is 240 g/mol. The van der Waals surface area contributed by atoms with Gasteiger partial charge in [0.05, 0.1) is 23.9 Å². The van der Waals surface area contributed by atoms with Gasteiger partial charge in [0, 0.05) is 24.0 Å². The highest BCUT2D eigenvalue weighted by molar-refractivity contribution is 5.48. The lowest BCUT2D eigenvalue weighted by Gasteiger charge is -2.13. The summed E-state index contributed by atoms with van der Waals surface area (Å²) in [6.45, 7) is 5.04. The molecule has 2 aromatic rings. The molecule has 18 heavy (non-hydrogen) atoms. The quantitative estimate of drug-likeness (QED) is 0.893. The number of rotatable bonds is 4. The Morgan fingerprint density at radius 1 is 1.39 bits per heavy atom. The van der Waals surface area contributed by atoms with Crippen LogP contribution in [-0.4, -0.2) is 9.78 Å². The molecule has 1 N–H and O–H groups in total. The summed E-state index contributed by atoms with van der Waals surface area (Å²) in [4.78, 5) is 0. The van der Waals surface area contributed by atoms with Gasteiger partial charge in [0.25, 0.3) is 0 Å². The first-order valence-electron chi connectivity index (χ1n) is 6.02. The molecule has 4 nitrogen and oxygen atoms in total. The van der Waals surface area contributed by atoms with Crippen LogP contribution in [-0.2, 0) is 6.54 Å². The van der Waals surface area contributed by atoms with Crippen LogP contribution in [0, 0.1) is 11.3 Å². The van der Waals surface area contributed by atoms with Crippen molar-refractivity contribution in [1.29, 1.82) is 5.26 Å². The SMILES string of the molecule is CCn1cc(C(C)Nc2ccc(C#N)cc2)cn1. The number of aryl methyl sites for hydroxylation is 1. The highest BCUT2D eigenvalue weighted by Crippen LogP contribution is 2.18. The molecule has 0 radical (unpaired) electrons. The molecule has 1 aromatic heterocycles. The van der Waals surface area contributed by atoms with E-state index >= 15 is 0 Å². The van der Waals surface area contributed by atoms with Crippen molar-refractivity contribution >= 4 is 5.69 Å². The minimum Gasteiger partial charge on any atom is -0.378 e. The third kappa shape index (κ3) is 2.69. The van der Waals surface area contributed by atoms with Gasteiger partial charge in [-0.05, 0) is 38.1 Å². The van der Waals surface area contributed by atoms with Crippen molar-refractivity contribution in [2.45, 2.75) is 26.4 Å². The molecule has 2 rings (SSSR count). The predicted molar refractivity (Wildman–Crippen MR) is 71.1 cm³/mol. The summed E-state index contributed by atoms with van der Waals surface area (Å²) in [5.74, 6) is 0. The van der Waals surface area contributed by atoms with E-state index in [2.05, 4.69) is 30.3 Å². The number of hydrogen-bond donors (Lipinski definition) is 1. The molecule has 4 heteroatoms. The molecule has 0 aliphatic rings. The Hall–Kier alpha value is -2.28. The van der Waals surface area contributed by atoms with Gasteiger partial charge in [-0.3, -0.25) is 4.68 Å². The van der Waals surface area contributed by atoms with Gasteiger partial charge in [0.2, 0.25) is 0 Å². The Morgan fingerprint density at radius 3 is 2.67 bits per heavy atom. The van der Waals surface area contributed by atoms with Crippen LogP contribution in [0.5, 0.6) is 0 Å². The summed E-state index contributed by atoms with van der Waals surface area (Å²) in [7, 11) is 0. The molecule has 0 saturated heterocycles. The second-order valence-corrected chi connectivity index (χ2v) is 4.18. The van der Waals surface area contributed by atoms with E-state index in [4.69, 9.17) is 5.26 Å². The minimum atomic E-state index is 0.193. The average Bonchev–Trinajstić information content (AvgIpc) is 2.88. The smallest absolute Gasteiger partial charge is 0.0991 e. The Kier molecular flexibility index (Phi) is 3.63. The van der Waals surface area contributed by atoms with Crippen LogP contribution in [0.15, 0.2) is 36.7 Å². The van der Waals surface area contributed by atoms with Gasteiger partial charge in [-0.1, -0.05) is 0 Å². The molecular weight excluding hydrogens is 224 g/mol. The topological polar surface area (TPSA) is 53.6 Å². The first-order chi connectivity index (χ1) is 8.72. The number of nitrogens with zero attached hydrogens (tertiary/aromatic N) is 3. The van der Waals surface area contributed by atoms with Crippen LogP contribution in [0.4, 0.5) is 5.69 Å². The van der Waals surface area contributed by atoms with Crippen LogP contribution >= 0.6 is 0 Å². The minimum absolute atomic E-state index is 0.193. The zero-order chi connectivity index (χ0) is 13.0. The van der Waals surface area contributed by atoms with E-state index in [-0.39, 0.29) is 6.04 Å². The summed E-state index contributed by atoms with van der Waals surface area (Å²) < 4.78 is 1.91. The fourth-order valence-corrected chi connectivity index (χ4v) is 1.75. The molecule has 0 spiro atoms. The highest BCUT2D eigenvalue weighted by Gasteiger charge is 2.07. The number of hydrogen-bond acceptors (Lipinski definition) is 3. The van der Waals surface area contributed by atoms with Gasteiger partial charge in [-0.15, -0.1) is 0 Å². The van der Waals surface area contributed by atoms with Crippen molar-refractivity contribution < 1.29 is 0 Å². The third-order valence-corrected chi connectivity index (χ3v) is 2.87. The van der Waals surface area contributed by atoms with Crippen LogP contribution in [0.3, 0.4) is 0 Å². The lowest BCUT2D eigenvalue weighted by molar-refractivity contribution is 0.658. The Balaban J connectivity index is 2.06. The van der Waals surface area contributed by atoms with Crippen LogP contribution < -0.4 is 5.32 Å². The predicted octanol–water partition coefficient (Wildman–Crippen LogP) is 2.95. The van der Waals surface area contributed by atoms with E-state index in [1.165, 1.54) is 0 Å². The lowest BCUT2D eigenvalue weighted by atomic mass is 10.1. The number of benzene rings is 1. The summed E-state index contributed by atoms with van der Waals surface area (Å²) in [5, 5.41) is 16.4. The molecular formula is C14H16N4. The fraction of sp³-hybridized carbons (Fsp3) is 0.286. The van der Waals surface area contributed by atoms with Crippen molar-refractivity contribution in [1.82, 2.24) is 9.78 Å². The van der Waals surface area contributed by atoms with Gasteiger partial charge in [0.1, 0.15) is 0 Å². The molecule has 1 unspecified atom stereocenters. The van der Waals surface area contributed by atoms with Crippen LogP contribution in [0.1, 0.15) is 31.0 Å². The number of anilines is 1. The highest BCUT2D eigenvalue weighted by atomic mass is 15.3. The molecule has 1 aromatic carbocycles. The first-order valence-corrected chi connectivity index (χ1v) is 6.02. The number of nitriles is 1. The van der Waals surface area contributed by atoms with Gasteiger partial charge in [-0.2, -0.15) is 10.4 Å². The molecule has 92 valence electrons. The summed E-state index contributed by atoms with van der Waals surface area (Å²) >= 11 is 0. The van der Waals surface area contributed by atoms with Crippen molar-refractivity contribution in [3.8, 4) is 6.07 Å². The monoisotopic (exact) mass is 240 g/mol. The van der Waals surface area contributed by atoms with Crippen molar-refractivity contribution in [3.63, 3.8) is 0 Å². The number of aromatic nitrogens is 2. The standard InChI is InChI=1S/C14H16N4/c1-3-18-10-13(9-16-18)11(2)17-14-6-4-12(8-15)5-7-14/h4-7,9-11,17H,3H2,1-2H3. The maximum Gasteiger partial charge on any atom is 0.0991 e. The second kappa shape index (κ2) is 5.37. The van der Waals surface area contributed by atoms with E-state index in [1.807, 2.05) is 41.3 Å². The maximum absolute atomic E-state index is 8.74. The van der Waals surface area contributed by atoms with E-state index in [1.54, 1.807) is 0 Å². The van der Waals surface area contributed by atoms with Crippen molar-refractivity contribution in [3.05, 3.63) is 47.8 Å². The Bertz CT molecular complexity index is 548. The van der Waals surface area contributed by atoms with Gasteiger partial charge < -0.3 is 5.32 Å². The molecule has 0 saturated carbocycles. The molecule has 0 aliphatic heterocycles. The maximum atomic E-state index is 8.74. The van der Waals surface area contributed by atoms with Gasteiger partial charge in [0.15, 0.2) is 0 Å². The molecule has 0 fully saturated rings. The second-order valence-electron chi connectivity index (χ2n) is 4.18. The normalized spacial score (nSPS) is 11.8. The van der Waals surface area contributed by atoms with E-state index in [0.717, 1.165) is 17.8 Å². The zero-order valence-electron chi connectivity index (χ0n) is 10.6. The van der Waals surface area contributed by atoms with Crippen LogP contribution in [0.2, 0.25) is 0 Å². The molecule has 0 bridgehead atoms. The molecule has 1 heterocycles. The van der Waals surface area contributed by atoms with Crippen molar-refractivity contribution in [2.75, 3.05) is 5.32 Å². The van der Waals surface area contributed by atoms with Crippen molar-refractivity contribution in [2.24, 2.45) is 0 Å². The molecule has 1 atom stereocenters. The molecule has 0 aliphatic carbocycles. The summed E-state index contributed by atoms with van der Waals surface area (Å²) in [6, 6.07) is 9.75. The molecule has 0 amide bonds. The number of nitrogens with one attached hydrogen (secondary N) is 1. The summed E-state index contributed by atoms with van der Waals surface area (Å²) in [6.07, 6.45) is 3.92. The zero-order valence-corrected chi connectivity index (χ0v) is 10.6. The van der Waals surface area contributed by atoms with E-state index in [9.17, 15) is 0 Å². The Morgan fingerprint density at radius 2 is 2.11 bits per heavy atom. The Labute approximate surface area is 107 Å². The van der Waals surface area contributed by atoms with Crippen LogP contribution in [0.25, 0.3) is 0 Å². The van der Waals surface area contributed by atoms with Gasteiger partial charge >= 0.3 is 0 Å². The lowest BCUT2D eigenvalue weighted by Crippen LogP contribution is -2.05.